The summed E-state index contributed by atoms with van der Waals surface area (Å²) in [6.07, 6.45) is 0.780. The zero-order valence-electron chi connectivity index (χ0n) is 15.6. The standard InChI is InChI=1S/C20H20ClN3O4S/c21-18-6-5-17(29-18)20(26)22-12-15-11-16(23-28-15)13-1-3-14(4-2-13)24-8-10-27-9-7-19(24)25/h1-6,15H,7-12H2,(H,22,26). The number of anilines is 1. The summed E-state index contributed by atoms with van der Waals surface area (Å²) >= 11 is 7.10. The fraction of sp³-hybridized carbons (Fsp3) is 0.350. The third-order valence-corrected chi connectivity index (χ3v) is 5.98. The van der Waals surface area contributed by atoms with Crippen LogP contribution in [0.4, 0.5) is 5.69 Å². The molecule has 0 saturated carbocycles. The smallest absolute Gasteiger partial charge is 0.261 e. The van der Waals surface area contributed by atoms with Gasteiger partial charge < -0.3 is 19.8 Å². The first kappa shape index (κ1) is 19.9. The van der Waals surface area contributed by atoms with E-state index >= 15 is 0 Å². The maximum Gasteiger partial charge on any atom is 0.261 e. The number of benzene rings is 1. The molecule has 0 aliphatic carbocycles. The van der Waals surface area contributed by atoms with Crippen LogP contribution in [-0.4, -0.2) is 49.9 Å². The van der Waals surface area contributed by atoms with E-state index in [1.165, 1.54) is 11.3 Å². The first-order valence-corrected chi connectivity index (χ1v) is 10.5. The number of nitrogens with one attached hydrogen (secondary N) is 1. The minimum atomic E-state index is -0.214. The molecule has 2 aliphatic rings. The molecule has 29 heavy (non-hydrogen) atoms. The summed E-state index contributed by atoms with van der Waals surface area (Å²) in [5.74, 6) is -0.103. The van der Waals surface area contributed by atoms with E-state index in [2.05, 4.69) is 10.5 Å². The third kappa shape index (κ3) is 4.77. The average Bonchev–Trinajstić information content (AvgIpc) is 3.33. The van der Waals surface area contributed by atoms with E-state index in [1.54, 1.807) is 17.0 Å². The van der Waals surface area contributed by atoms with Gasteiger partial charge in [0.2, 0.25) is 5.91 Å². The summed E-state index contributed by atoms with van der Waals surface area (Å²) in [4.78, 5) is 32.1. The van der Waals surface area contributed by atoms with Gasteiger partial charge in [0, 0.05) is 18.7 Å². The Morgan fingerprint density at radius 1 is 1.24 bits per heavy atom. The highest BCUT2D eigenvalue weighted by Crippen LogP contribution is 2.23. The Kier molecular flexibility index (Phi) is 6.13. The molecule has 2 aliphatic heterocycles. The van der Waals surface area contributed by atoms with Crippen molar-refractivity contribution in [2.75, 3.05) is 31.2 Å². The van der Waals surface area contributed by atoms with Crippen molar-refractivity contribution in [2.24, 2.45) is 5.16 Å². The molecule has 4 rings (SSSR count). The number of hydrogen-bond donors (Lipinski definition) is 1. The lowest BCUT2D eigenvalue weighted by Crippen LogP contribution is -2.32. The monoisotopic (exact) mass is 433 g/mol. The van der Waals surface area contributed by atoms with E-state index in [9.17, 15) is 9.59 Å². The molecule has 1 N–H and O–H groups in total. The van der Waals surface area contributed by atoms with Crippen LogP contribution < -0.4 is 10.2 Å². The van der Waals surface area contributed by atoms with Crippen LogP contribution in [0.1, 0.15) is 28.1 Å². The zero-order valence-corrected chi connectivity index (χ0v) is 17.2. The van der Waals surface area contributed by atoms with Gasteiger partial charge in [-0.15, -0.1) is 11.3 Å². The van der Waals surface area contributed by atoms with Gasteiger partial charge in [0.15, 0.2) is 0 Å². The minimum Gasteiger partial charge on any atom is -0.390 e. The van der Waals surface area contributed by atoms with E-state index < -0.39 is 0 Å². The first-order valence-electron chi connectivity index (χ1n) is 9.35. The second-order valence-corrected chi connectivity index (χ2v) is 8.45. The number of amides is 2. The van der Waals surface area contributed by atoms with Crippen LogP contribution in [-0.2, 0) is 14.4 Å². The molecule has 1 aromatic heterocycles. The summed E-state index contributed by atoms with van der Waals surface area (Å²) in [6, 6.07) is 11.1. The average molecular weight is 434 g/mol. The van der Waals surface area contributed by atoms with Gasteiger partial charge in [-0.1, -0.05) is 28.9 Å². The Bertz CT molecular complexity index is 928. The van der Waals surface area contributed by atoms with Gasteiger partial charge in [0.25, 0.3) is 5.91 Å². The van der Waals surface area contributed by atoms with Crippen LogP contribution in [0.5, 0.6) is 0 Å². The quantitative estimate of drug-likeness (QED) is 0.785. The maximum atomic E-state index is 12.2. The molecule has 1 saturated heterocycles. The molecule has 7 nitrogen and oxygen atoms in total. The van der Waals surface area contributed by atoms with Crippen LogP contribution in [0.25, 0.3) is 0 Å². The highest BCUT2D eigenvalue weighted by atomic mass is 35.5. The van der Waals surface area contributed by atoms with Gasteiger partial charge in [0.05, 0.1) is 41.1 Å². The number of carbonyl (C=O) groups excluding carboxylic acids is 2. The number of hydrogen-bond acceptors (Lipinski definition) is 6. The van der Waals surface area contributed by atoms with Gasteiger partial charge in [-0.2, -0.15) is 0 Å². The number of halogens is 1. The lowest BCUT2D eigenvalue weighted by Gasteiger charge is -2.20. The highest BCUT2D eigenvalue weighted by molar-refractivity contribution is 7.18. The van der Waals surface area contributed by atoms with Crippen LogP contribution in [0.15, 0.2) is 41.6 Å². The highest BCUT2D eigenvalue weighted by Gasteiger charge is 2.24. The van der Waals surface area contributed by atoms with Crippen molar-refractivity contribution < 1.29 is 19.2 Å². The van der Waals surface area contributed by atoms with E-state index in [0.29, 0.717) is 48.4 Å². The number of rotatable bonds is 5. The molecular formula is C20H20ClN3O4S. The Labute approximate surface area is 177 Å². The Balaban J connectivity index is 1.32. The maximum absolute atomic E-state index is 12.2. The summed E-state index contributed by atoms with van der Waals surface area (Å²) in [5, 5.41) is 7.01. The number of oxime groups is 1. The number of nitrogens with zero attached hydrogens (tertiary/aromatic N) is 2. The van der Waals surface area contributed by atoms with Crippen LogP contribution in [0.3, 0.4) is 0 Å². The molecular weight excluding hydrogens is 414 g/mol. The molecule has 0 radical (unpaired) electrons. The van der Waals surface area contributed by atoms with Gasteiger partial charge in [-0.05, 0) is 29.8 Å². The van der Waals surface area contributed by atoms with Gasteiger partial charge >= 0.3 is 0 Å². The molecule has 152 valence electrons. The fourth-order valence-corrected chi connectivity index (χ4v) is 4.18. The first-order chi connectivity index (χ1) is 14.1. The molecule has 2 amide bonds. The Morgan fingerprint density at radius 3 is 2.83 bits per heavy atom. The SMILES string of the molecule is O=C(NCC1CC(c2ccc(N3CCOCCC3=O)cc2)=NO1)c1ccc(Cl)s1. The van der Waals surface area contributed by atoms with Crippen molar-refractivity contribution in [3.8, 4) is 0 Å². The molecule has 1 aromatic carbocycles. The molecule has 3 heterocycles. The predicted octanol–water partition coefficient (Wildman–Crippen LogP) is 3.08. The molecule has 1 atom stereocenters. The molecule has 9 heteroatoms. The topological polar surface area (TPSA) is 80.2 Å². The van der Waals surface area contributed by atoms with E-state index in [1.807, 2.05) is 24.3 Å². The predicted molar refractivity (Wildman–Crippen MR) is 112 cm³/mol. The molecule has 2 aromatic rings. The lowest BCUT2D eigenvalue weighted by molar-refractivity contribution is -0.118. The second kappa shape index (κ2) is 8.94. The number of thiophene rings is 1. The lowest BCUT2D eigenvalue weighted by atomic mass is 10.0. The summed E-state index contributed by atoms with van der Waals surface area (Å²) in [6.45, 7) is 1.93. The molecule has 0 bridgehead atoms. The van der Waals surface area contributed by atoms with Crippen molar-refractivity contribution >= 4 is 46.2 Å². The summed E-state index contributed by atoms with van der Waals surface area (Å²) in [7, 11) is 0. The Morgan fingerprint density at radius 2 is 2.07 bits per heavy atom. The third-order valence-electron chi connectivity index (χ3n) is 4.75. The van der Waals surface area contributed by atoms with Crippen molar-refractivity contribution in [3.63, 3.8) is 0 Å². The van der Waals surface area contributed by atoms with Crippen LogP contribution in [0, 0.1) is 0 Å². The van der Waals surface area contributed by atoms with Crippen molar-refractivity contribution in [3.05, 3.63) is 51.2 Å². The van der Waals surface area contributed by atoms with Gasteiger partial charge in [-0.3, -0.25) is 9.59 Å². The fourth-order valence-electron chi connectivity index (χ4n) is 3.22. The number of carbonyl (C=O) groups is 2. The zero-order chi connectivity index (χ0) is 20.2. The van der Waals surface area contributed by atoms with Crippen molar-refractivity contribution in [1.82, 2.24) is 5.32 Å². The molecule has 1 unspecified atom stereocenters. The van der Waals surface area contributed by atoms with Crippen LogP contribution in [0.2, 0.25) is 4.34 Å². The summed E-state index contributed by atoms with van der Waals surface area (Å²) in [5.41, 5.74) is 2.61. The molecule has 0 spiro atoms. The largest absolute Gasteiger partial charge is 0.390 e. The van der Waals surface area contributed by atoms with Crippen LogP contribution >= 0.6 is 22.9 Å². The Hall–Kier alpha value is -2.42. The normalized spacial score (nSPS) is 19.5. The van der Waals surface area contributed by atoms with E-state index in [-0.39, 0.29) is 17.9 Å². The van der Waals surface area contributed by atoms with E-state index in [0.717, 1.165) is 17.0 Å². The molecule has 1 fully saturated rings. The van der Waals surface area contributed by atoms with Gasteiger partial charge in [0.1, 0.15) is 6.10 Å². The van der Waals surface area contributed by atoms with Gasteiger partial charge in [-0.25, -0.2) is 0 Å². The van der Waals surface area contributed by atoms with E-state index in [4.69, 9.17) is 21.2 Å². The van der Waals surface area contributed by atoms with Crippen molar-refractivity contribution in [2.45, 2.75) is 18.9 Å². The summed E-state index contributed by atoms with van der Waals surface area (Å²) < 4.78 is 5.95. The minimum absolute atomic E-state index is 0.0691. The van der Waals surface area contributed by atoms with Crippen molar-refractivity contribution in [1.29, 1.82) is 0 Å². The number of ether oxygens (including phenoxy) is 1. The second-order valence-electron chi connectivity index (χ2n) is 6.74.